The largest absolute Gasteiger partial charge is 0.481 e. The summed E-state index contributed by atoms with van der Waals surface area (Å²) in [6, 6.07) is 6.16. The lowest BCUT2D eigenvalue weighted by molar-refractivity contribution is -0.138. The average Bonchev–Trinajstić information content (AvgIpc) is 2.17. The molecule has 3 heteroatoms. The highest BCUT2D eigenvalue weighted by molar-refractivity contribution is 5.66. The second-order valence-electron chi connectivity index (χ2n) is 3.63. The molecule has 1 aromatic carbocycles. The van der Waals surface area contributed by atoms with E-state index in [-0.39, 0.29) is 13.0 Å². The second kappa shape index (κ2) is 5.51. The lowest BCUT2D eigenvalue weighted by atomic mass is 10.1. The Kier molecular flexibility index (Phi) is 4.31. The van der Waals surface area contributed by atoms with Crippen molar-refractivity contribution in [3.8, 4) is 0 Å². The maximum Gasteiger partial charge on any atom is 0.305 e. The molecule has 0 amide bonds. The summed E-state index contributed by atoms with van der Waals surface area (Å²) in [6.45, 7) is 4.80. The second-order valence-corrected chi connectivity index (χ2v) is 3.63. The summed E-state index contributed by atoms with van der Waals surface area (Å²) in [5.74, 6) is -0.823. The fraction of sp³-hybridized carbons (Fsp3) is 0.417. The number of benzene rings is 1. The lowest BCUT2D eigenvalue weighted by Gasteiger charge is -2.07. The number of aryl methyl sites for hydroxylation is 2. The van der Waals surface area contributed by atoms with Gasteiger partial charge in [0.15, 0.2) is 0 Å². The van der Waals surface area contributed by atoms with Crippen LogP contribution in [-0.4, -0.2) is 17.7 Å². The van der Waals surface area contributed by atoms with E-state index in [1.165, 1.54) is 11.1 Å². The van der Waals surface area contributed by atoms with Gasteiger partial charge in [-0.3, -0.25) is 4.79 Å². The molecule has 0 atom stereocenters. The van der Waals surface area contributed by atoms with Gasteiger partial charge in [-0.1, -0.05) is 23.8 Å². The maximum absolute atomic E-state index is 10.3. The van der Waals surface area contributed by atoms with E-state index in [9.17, 15) is 4.79 Å². The van der Waals surface area contributed by atoms with Crippen molar-refractivity contribution in [3.63, 3.8) is 0 Å². The summed E-state index contributed by atoms with van der Waals surface area (Å²) in [5.41, 5.74) is 3.49. The molecule has 0 bridgehead atoms. The molecule has 82 valence electrons. The van der Waals surface area contributed by atoms with E-state index < -0.39 is 5.97 Å². The van der Waals surface area contributed by atoms with Crippen molar-refractivity contribution in [2.75, 3.05) is 6.61 Å². The number of hydrogen-bond acceptors (Lipinski definition) is 2. The molecular formula is C12H16O3. The number of aliphatic carboxylic acids is 1. The smallest absolute Gasteiger partial charge is 0.305 e. The Bertz CT molecular complexity index is 345. The first-order valence-corrected chi connectivity index (χ1v) is 4.95. The quantitative estimate of drug-likeness (QED) is 0.755. The molecule has 0 aromatic heterocycles. The monoisotopic (exact) mass is 208 g/mol. The molecule has 1 aromatic rings. The summed E-state index contributed by atoms with van der Waals surface area (Å²) in [6.07, 6.45) is 0.0604. The van der Waals surface area contributed by atoms with E-state index in [0.717, 1.165) is 5.56 Å². The molecule has 1 rings (SSSR count). The topological polar surface area (TPSA) is 46.5 Å². The minimum atomic E-state index is -0.823. The standard InChI is InChI=1S/C12H16O3/c1-9-3-4-10(2)11(7-9)8-15-6-5-12(13)14/h3-4,7H,5-6,8H2,1-2H3,(H,13,14). The van der Waals surface area contributed by atoms with Gasteiger partial charge < -0.3 is 9.84 Å². The molecule has 0 aliphatic heterocycles. The number of rotatable bonds is 5. The molecule has 0 heterocycles. The SMILES string of the molecule is Cc1ccc(C)c(COCCC(=O)O)c1. The predicted octanol–water partition coefficient (Wildman–Crippen LogP) is 2.29. The van der Waals surface area contributed by atoms with Crippen molar-refractivity contribution in [2.45, 2.75) is 26.9 Å². The third-order valence-electron chi connectivity index (χ3n) is 2.22. The van der Waals surface area contributed by atoms with Crippen molar-refractivity contribution in [1.82, 2.24) is 0 Å². The molecule has 0 fully saturated rings. The van der Waals surface area contributed by atoms with Crippen LogP contribution in [0.5, 0.6) is 0 Å². The van der Waals surface area contributed by atoms with Gasteiger partial charge >= 0.3 is 5.97 Å². The Morgan fingerprint density at radius 3 is 2.80 bits per heavy atom. The maximum atomic E-state index is 10.3. The minimum Gasteiger partial charge on any atom is -0.481 e. The van der Waals surface area contributed by atoms with Gasteiger partial charge in [-0.15, -0.1) is 0 Å². The minimum absolute atomic E-state index is 0.0604. The number of hydrogen-bond donors (Lipinski definition) is 1. The predicted molar refractivity (Wildman–Crippen MR) is 57.8 cm³/mol. The highest BCUT2D eigenvalue weighted by atomic mass is 16.5. The first-order chi connectivity index (χ1) is 7.09. The van der Waals surface area contributed by atoms with E-state index in [4.69, 9.17) is 9.84 Å². The number of carboxylic acid groups (broad SMARTS) is 1. The molecule has 0 aliphatic carbocycles. The van der Waals surface area contributed by atoms with Crippen LogP contribution in [0.1, 0.15) is 23.1 Å². The van der Waals surface area contributed by atoms with E-state index in [2.05, 4.69) is 12.1 Å². The Balaban J connectivity index is 2.43. The van der Waals surface area contributed by atoms with E-state index >= 15 is 0 Å². The lowest BCUT2D eigenvalue weighted by Crippen LogP contribution is -2.03. The van der Waals surface area contributed by atoms with Crippen molar-refractivity contribution in [1.29, 1.82) is 0 Å². The van der Waals surface area contributed by atoms with Crippen molar-refractivity contribution < 1.29 is 14.6 Å². The first kappa shape index (κ1) is 11.7. The molecule has 15 heavy (non-hydrogen) atoms. The fourth-order valence-electron chi connectivity index (χ4n) is 1.30. The van der Waals surface area contributed by atoms with Crippen LogP contribution in [0.2, 0.25) is 0 Å². The van der Waals surface area contributed by atoms with Crippen LogP contribution in [0, 0.1) is 13.8 Å². The van der Waals surface area contributed by atoms with E-state index in [1.54, 1.807) is 0 Å². The molecule has 0 unspecified atom stereocenters. The first-order valence-electron chi connectivity index (χ1n) is 4.95. The zero-order valence-corrected chi connectivity index (χ0v) is 9.12. The number of carbonyl (C=O) groups is 1. The number of ether oxygens (including phenoxy) is 1. The zero-order valence-electron chi connectivity index (χ0n) is 9.12. The van der Waals surface area contributed by atoms with Gasteiger partial charge in [-0.25, -0.2) is 0 Å². The fourth-order valence-corrected chi connectivity index (χ4v) is 1.30. The summed E-state index contributed by atoms with van der Waals surface area (Å²) >= 11 is 0. The third kappa shape index (κ3) is 4.13. The van der Waals surface area contributed by atoms with Crippen molar-refractivity contribution in [2.24, 2.45) is 0 Å². The summed E-state index contributed by atoms with van der Waals surface area (Å²) < 4.78 is 5.29. The normalized spacial score (nSPS) is 10.3. The van der Waals surface area contributed by atoms with Crippen molar-refractivity contribution in [3.05, 3.63) is 34.9 Å². The van der Waals surface area contributed by atoms with Crippen LogP contribution >= 0.6 is 0 Å². The molecule has 0 radical (unpaired) electrons. The van der Waals surface area contributed by atoms with Gasteiger partial charge in [-0.05, 0) is 25.0 Å². The van der Waals surface area contributed by atoms with Gasteiger partial charge in [0.25, 0.3) is 0 Å². The van der Waals surface area contributed by atoms with Crippen LogP contribution in [0.4, 0.5) is 0 Å². The highest BCUT2D eigenvalue weighted by Crippen LogP contribution is 2.11. The van der Waals surface area contributed by atoms with Gasteiger partial charge in [0, 0.05) is 0 Å². The van der Waals surface area contributed by atoms with Crippen LogP contribution in [0.15, 0.2) is 18.2 Å². The van der Waals surface area contributed by atoms with Crippen LogP contribution in [0.3, 0.4) is 0 Å². The summed E-state index contributed by atoms with van der Waals surface area (Å²) in [4.78, 5) is 10.3. The van der Waals surface area contributed by atoms with Crippen molar-refractivity contribution >= 4 is 5.97 Å². The molecule has 0 saturated carbocycles. The molecule has 1 N–H and O–H groups in total. The molecule has 3 nitrogen and oxygen atoms in total. The highest BCUT2D eigenvalue weighted by Gasteiger charge is 2.00. The molecule has 0 saturated heterocycles. The van der Waals surface area contributed by atoms with Crippen LogP contribution in [-0.2, 0) is 16.1 Å². The van der Waals surface area contributed by atoms with Crippen LogP contribution < -0.4 is 0 Å². The van der Waals surface area contributed by atoms with E-state index in [0.29, 0.717) is 6.61 Å². The Morgan fingerprint density at radius 1 is 1.40 bits per heavy atom. The molecular weight excluding hydrogens is 192 g/mol. The molecule has 0 aliphatic rings. The summed E-state index contributed by atoms with van der Waals surface area (Å²) in [7, 11) is 0. The van der Waals surface area contributed by atoms with Gasteiger partial charge in [0.1, 0.15) is 0 Å². The van der Waals surface area contributed by atoms with E-state index in [1.807, 2.05) is 19.9 Å². The average molecular weight is 208 g/mol. The Labute approximate surface area is 89.7 Å². The van der Waals surface area contributed by atoms with Gasteiger partial charge in [0.2, 0.25) is 0 Å². The summed E-state index contributed by atoms with van der Waals surface area (Å²) in [5, 5.41) is 8.43. The molecule has 0 spiro atoms. The van der Waals surface area contributed by atoms with Gasteiger partial charge in [0.05, 0.1) is 19.6 Å². The third-order valence-corrected chi connectivity index (χ3v) is 2.22. The Morgan fingerprint density at radius 2 is 2.13 bits per heavy atom. The van der Waals surface area contributed by atoms with Crippen LogP contribution in [0.25, 0.3) is 0 Å². The zero-order chi connectivity index (χ0) is 11.3. The number of carboxylic acids is 1. The van der Waals surface area contributed by atoms with Gasteiger partial charge in [-0.2, -0.15) is 0 Å². The Hall–Kier alpha value is -1.35.